The monoisotopic (exact) mass is 278 g/mol. The van der Waals surface area contributed by atoms with Crippen molar-refractivity contribution in [3.05, 3.63) is 0 Å². The summed E-state index contributed by atoms with van der Waals surface area (Å²) in [6, 6.07) is 0. The first kappa shape index (κ1) is 13.5. The minimum absolute atomic E-state index is 0.413. The summed E-state index contributed by atoms with van der Waals surface area (Å²) in [4.78, 5) is 2.88. The zero-order chi connectivity index (χ0) is 13.6. The van der Waals surface area contributed by atoms with Crippen molar-refractivity contribution >= 4 is 0 Å². The van der Waals surface area contributed by atoms with Crippen LogP contribution < -0.4 is 5.32 Å². The van der Waals surface area contributed by atoms with Gasteiger partial charge >= 0.3 is 0 Å². The molecule has 4 fully saturated rings. The van der Waals surface area contributed by atoms with Crippen LogP contribution in [0.5, 0.6) is 0 Å². The highest BCUT2D eigenvalue weighted by Gasteiger charge is 2.52. The Morgan fingerprint density at radius 3 is 2.65 bits per heavy atom. The third kappa shape index (κ3) is 2.32. The Hall–Kier alpha value is -0.120. The molecule has 2 heterocycles. The molecule has 2 saturated carbocycles. The van der Waals surface area contributed by atoms with E-state index in [1.807, 2.05) is 0 Å². The van der Waals surface area contributed by atoms with Gasteiger partial charge in [-0.25, -0.2) is 0 Å². The van der Waals surface area contributed by atoms with Crippen LogP contribution in [0.4, 0.5) is 0 Å². The molecule has 0 aromatic carbocycles. The maximum Gasteiger partial charge on any atom is 0.0507 e. The van der Waals surface area contributed by atoms with E-state index in [-0.39, 0.29) is 0 Å². The molecular formula is C17H30N2O. The highest BCUT2D eigenvalue weighted by Crippen LogP contribution is 2.47. The third-order valence-electron chi connectivity index (χ3n) is 6.56. The first-order valence-electron chi connectivity index (χ1n) is 8.78. The molecule has 2 aliphatic carbocycles. The van der Waals surface area contributed by atoms with E-state index < -0.39 is 0 Å². The van der Waals surface area contributed by atoms with Gasteiger partial charge in [0.25, 0.3) is 0 Å². The number of ether oxygens (including phenoxy) is 1. The second-order valence-corrected chi connectivity index (χ2v) is 8.08. The van der Waals surface area contributed by atoms with Gasteiger partial charge in [0.15, 0.2) is 0 Å². The van der Waals surface area contributed by atoms with Crippen LogP contribution in [0.2, 0.25) is 0 Å². The summed E-state index contributed by atoms with van der Waals surface area (Å²) in [6.45, 7) is 8.28. The summed E-state index contributed by atoms with van der Waals surface area (Å²) >= 11 is 0. The Labute approximate surface area is 123 Å². The molecule has 3 nitrogen and oxygen atoms in total. The second-order valence-electron chi connectivity index (χ2n) is 8.08. The highest BCUT2D eigenvalue weighted by atomic mass is 16.5. The number of piperazine rings is 1. The lowest BCUT2D eigenvalue weighted by Gasteiger charge is -2.53. The number of nitrogens with one attached hydrogen (secondary N) is 1. The predicted octanol–water partition coefficient (Wildman–Crippen LogP) is 2.41. The van der Waals surface area contributed by atoms with Crippen LogP contribution in [0, 0.1) is 11.8 Å². The van der Waals surface area contributed by atoms with Crippen molar-refractivity contribution in [1.29, 1.82) is 0 Å². The Bertz CT molecular complexity index is 356. The molecule has 2 unspecified atom stereocenters. The summed E-state index contributed by atoms with van der Waals surface area (Å²) in [7, 11) is 0. The standard InChI is InChI=1S/C17H30N2O/c1-16(15-4-5-15)12-18-17(7-2-3-8-17)13-19(16)10-14-6-9-20-11-14/h14-15,18H,2-13H2,1H3. The van der Waals surface area contributed by atoms with Crippen molar-refractivity contribution in [2.45, 2.75) is 62.9 Å². The SMILES string of the molecule is CC1(C2CC2)CNC2(CCCC2)CN1CC1CCOC1. The molecule has 4 rings (SSSR count). The van der Waals surface area contributed by atoms with Gasteiger partial charge in [-0.05, 0) is 50.9 Å². The Morgan fingerprint density at radius 1 is 1.20 bits per heavy atom. The van der Waals surface area contributed by atoms with Crippen molar-refractivity contribution in [2.24, 2.45) is 11.8 Å². The topological polar surface area (TPSA) is 24.5 Å². The fraction of sp³-hybridized carbons (Fsp3) is 1.00. The molecule has 114 valence electrons. The zero-order valence-electron chi connectivity index (χ0n) is 13.0. The Balaban J connectivity index is 1.51. The maximum atomic E-state index is 5.62. The summed E-state index contributed by atoms with van der Waals surface area (Å²) in [5, 5.41) is 3.99. The molecule has 0 bridgehead atoms. The molecule has 1 N–H and O–H groups in total. The second kappa shape index (κ2) is 4.96. The van der Waals surface area contributed by atoms with Crippen LogP contribution >= 0.6 is 0 Å². The first-order valence-corrected chi connectivity index (χ1v) is 8.78. The molecule has 2 aliphatic heterocycles. The van der Waals surface area contributed by atoms with E-state index in [9.17, 15) is 0 Å². The molecule has 0 aromatic rings. The summed E-state index contributed by atoms with van der Waals surface area (Å²) in [5.41, 5.74) is 0.865. The smallest absolute Gasteiger partial charge is 0.0507 e. The molecule has 1 spiro atoms. The average molecular weight is 278 g/mol. The largest absolute Gasteiger partial charge is 0.381 e. The van der Waals surface area contributed by atoms with Gasteiger partial charge in [0.1, 0.15) is 0 Å². The third-order valence-corrected chi connectivity index (χ3v) is 6.56. The van der Waals surface area contributed by atoms with E-state index in [4.69, 9.17) is 4.74 Å². The molecule has 3 heteroatoms. The fourth-order valence-electron chi connectivity index (χ4n) is 4.89. The van der Waals surface area contributed by atoms with Gasteiger partial charge in [-0.2, -0.15) is 0 Å². The summed E-state index contributed by atoms with van der Waals surface area (Å²) in [6.07, 6.45) is 9.81. The molecular weight excluding hydrogens is 248 g/mol. The van der Waals surface area contributed by atoms with Gasteiger partial charge in [0.05, 0.1) is 6.61 Å². The maximum absolute atomic E-state index is 5.62. The van der Waals surface area contributed by atoms with Crippen LogP contribution in [-0.2, 0) is 4.74 Å². The van der Waals surface area contributed by atoms with Gasteiger partial charge in [-0.1, -0.05) is 12.8 Å². The molecule has 2 atom stereocenters. The molecule has 20 heavy (non-hydrogen) atoms. The van der Waals surface area contributed by atoms with E-state index in [1.165, 1.54) is 64.6 Å². The zero-order valence-corrected chi connectivity index (χ0v) is 13.0. The molecule has 0 radical (unpaired) electrons. The summed E-state index contributed by atoms with van der Waals surface area (Å²) < 4.78 is 5.62. The van der Waals surface area contributed by atoms with Gasteiger partial charge in [-0.3, -0.25) is 4.90 Å². The van der Waals surface area contributed by atoms with Gasteiger partial charge < -0.3 is 10.1 Å². The van der Waals surface area contributed by atoms with E-state index in [1.54, 1.807) is 0 Å². The van der Waals surface area contributed by atoms with Crippen molar-refractivity contribution in [1.82, 2.24) is 10.2 Å². The van der Waals surface area contributed by atoms with E-state index in [0.29, 0.717) is 11.1 Å². The van der Waals surface area contributed by atoms with Gasteiger partial charge in [0.2, 0.25) is 0 Å². The molecule has 0 amide bonds. The summed E-state index contributed by atoms with van der Waals surface area (Å²) in [5.74, 6) is 1.72. The van der Waals surface area contributed by atoms with Crippen molar-refractivity contribution < 1.29 is 4.74 Å². The van der Waals surface area contributed by atoms with Gasteiger partial charge in [0, 0.05) is 37.3 Å². The number of rotatable bonds is 3. The Kier molecular flexibility index (Phi) is 3.36. The van der Waals surface area contributed by atoms with Crippen molar-refractivity contribution in [3.8, 4) is 0 Å². The van der Waals surface area contributed by atoms with E-state index in [0.717, 1.165) is 25.0 Å². The quantitative estimate of drug-likeness (QED) is 0.858. The highest BCUT2D eigenvalue weighted by molar-refractivity contribution is 5.10. The fourth-order valence-corrected chi connectivity index (χ4v) is 4.89. The van der Waals surface area contributed by atoms with Crippen molar-refractivity contribution in [3.63, 3.8) is 0 Å². The number of hydrogen-bond donors (Lipinski definition) is 1. The van der Waals surface area contributed by atoms with Crippen LogP contribution in [0.1, 0.15) is 51.9 Å². The Morgan fingerprint density at radius 2 is 2.00 bits per heavy atom. The molecule has 4 aliphatic rings. The van der Waals surface area contributed by atoms with Crippen molar-refractivity contribution in [2.75, 3.05) is 32.8 Å². The first-order chi connectivity index (χ1) is 9.70. The minimum Gasteiger partial charge on any atom is -0.381 e. The lowest BCUT2D eigenvalue weighted by Crippen LogP contribution is -2.69. The average Bonchev–Trinajstić information content (AvgIpc) is 3.01. The lowest BCUT2D eigenvalue weighted by molar-refractivity contribution is -0.00893. The minimum atomic E-state index is 0.413. The van der Waals surface area contributed by atoms with E-state index in [2.05, 4.69) is 17.1 Å². The molecule has 2 saturated heterocycles. The number of nitrogens with zero attached hydrogens (tertiary/aromatic N) is 1. The molecule has 0 aromatic heterocycles. The van der Waals surface area contributed by atoms with Gasteiger partial charge in [-0.15, -0.1) is 0 Å². The van der Waals surface area contributed by atoms with Crippen LogP contribution in [-0.4, -0.2) is 48.8 Å². The van der Waals surface area contributed by atoms with Crippen LogP contribution in [0.3, 0.4) is 0 Å². The van der Waals surface area contributed by atoms with E-state index >= 15 is 0 Å². The van der Waals surface area contributed by atoms with Crippen LogP contribution in [0.15, 0.2) is 0 Å². The number of hydrogen-bond acceptors (Lipinski definition) is 3. The lowest BCUT2D eigenvalue weighted by atomic mass is 9.83. The predicted molar refractivity (Wildman–Crippen MR) is 80.8 cm³/mol. The normalized spacial score (nSPS) is 41.5. The van der Waals surface area contributed by atoms with Crippen LogP contribution in [0.25, 0.3) is 0 Å².